The molecule has 10 heteroatoms. The van der Waals surface area contributed by atoms with Crippen LogP contribution >= 0.6 is 0 Å². The molecule has 0 spiro atoms. The first-order valence-corrected chi connectivity index (χ1v) is 12.8. The van der Waals surface area contributed by atoms with Gasteiger partial charge >= 0.3 is 0 Å². The highest BCUT2D eigenvalue weighted by atomic mass is 32.2. The third-order valence-electron chi connectivity index (χ3n) is 5.62. The first kappa shape index (κ1) is 26.0. The van der Waals surface area contributed by atoms with Crippen molar-refractivity contribution in [2.45, 2.75) is 23.8 Å². The molecule has 0 saturated carbocycles. The number of carbonyl (C=O) groups is 1. The van der Waals surface area contributed by atoms with Crippen molar-refractivity contribution in [3.05, 3.63) is 54.1 Å². The van der Waals surface area contributed by atoms with Gasteiger partial charge in [-0.15, -0.1) is 0 Å². The second-order valence-electron chi connectivity index (χ2n) is 7.98. The average molecular weight is 492 g/mol. The lowest BCUT2D eigenvalue weighted by Crippen LogP contribution is -2.48. The fourth-order valence-corrected chi connectivity index (χ4v) is 4.95. The van der Waals surface area contributed by atoms with Crippen LogP contribution in [0.25, 0.3) is 0 Å². The van der Waals surface area contributed by atoms with Crippen LogP contribution in [0.15, 0.2) is 53.4 Å². The average Bonchev–Trinajstić information content (AvgIpc) is 2.86. The zero-order valence-corrected chi connectivity index (χ0v) is 20.5. The number of benzene rings is 2. The Morgan fingerprint density at radius 1 is 1.06 bits per heavy atom. The molecule has 3 rings (SSSR count). The second kappa shape index (κ2) is 12.7. The molecule has 1 aliphatic heterocycles. The summed E-state index contributed by atoms with van der Waals surface area (Å²) in [5.41, 5.74) is 0.853. The molecule has 1 fully saturated rings. The number of methoxy groups -OCH3 is 2. The first-order chi connectivity index (χ1) is 16.4. The second-order valence-corrected chi connectivity index (χ2v) is 9.69. The summed E-state index contributed by atoms with van der Waals surface area (Å²) < 4.78 is 44.6. The Balaban J connectivity index is 1.68. The largest absolute Gasteiger partial charge is 0.493 e. The molecule has 0 radical (unpaired) electrons. The summed E-state index contributed by atoms with van der Waals surface area (Å²) in [7, 11) is -1.09. The molecule has 1 saturated heterocycles. The molecule has 1 amide bonds. The van der Waals surface area contributed by atoms with E-state index in [1.54, 1.807) is 0 Å². The molecule has 2 aromatic carbocycles. The minimum Gasteiger partial charge on any atom is -0.493 e. The third-order valence-corrected chi connectivity index (χ3v) is 7.09. The highest BCUT2D eigenvalue weighted by Crippen LogP contribution is 2.29. The van der Waals surface area contributed by atoms with Gasteiger partial charge < -0.3 is 19.5 Å². The zero-order chi connectivity index (χ0) is 24.4. The van der Waals surface area contributed by atoms with Crippen LogP contribution in [0.5, 0.6) is 11.5 Å². The van der Waals surface area contributed by atoms with Crippen molar-refractivity contribution in [1.29, 1.82) is 0 Å². The maximum absolute atomic E-state index is 13.1. The topological polar surface area (TPSA) is 106 Å². The van der Waals surface area contributed by atoms with Crippen LogP contribution in [0.1, 0.15) is 12.0 Å². The van der Waals surface area contributed by atoms with Gasteiger partial charge in [0.05, 0.1) is 32.3 Å². The Morgan fingerprint density at radius 2 is 1.76 bits per heavy atom. The van der Waals surface area contributed by atoms with Crippen molar-refractivity contribution >= 4 is 15.9 Å². The number of carbonyl (C=O) groups excluding carboxylic acids is 1. The van der Waals surface area contributed by atoms with Crippen LogP contribution in [0, 0.1) is 0 Å². The highest BCUT2D eigenvalue weighted by Gasteiger charge is 2.27. The van der Waals surface area contributed by atoms with Crippen LogP contribution in [0.2, 0.25) is 0 Å². The Hall–Kier alpha value is -2.66. The molecule has 2 aromatic rings. The maximum Gasteiger partial charge on any atom is 0.241 e. The van der Waals surface area contributed by atoms with E-state index in [0.29, 0.717) is 12.3 Å². The number of nitrogens with one attached hydrogen (secondary N) is 2. The van der Waals surface area contributed by atoms with E-state index in [9.17, 15) is 13.2 Å². The number of nitrogens with zero attached hydrogens (tertiary/aromatic N) is 1. The van der Waals surface area contributed by atoms with Crippen LogP contribution in [0.4, 0.5) is 0 Å². The van der Waals surface area contributed by atoms with E-state index in [1.807, 2.05) is 30.3 Å². The van der Waals surface area contributed by atoms with Gasteiger partial charge in [-0.3, -0.25) is 9.69 Å². The molecule has 2 N–H and O–H groups in total. The van der Waals surface area contributed by atoms with Crippen molar-refractivity contribution < 1.29 is 27.4 Å². The van der Waals surface area contributed by atoms with Gasteiger partial charge in [-0.1, -0.05) is 30.3 Å². The van der Waals surface area contributed by atoms with E-state index in [2.05, 4.69) is 14.9 Å². The normalized spacial score (nSPS) is 15.5. The van der Waals surface area contributed by atoms with Gasteiger partial charge in [0.25, 0.3) is 0 Å². The summed E-state index contributed by atoms with van der Waals surface area (Å²) in [6.45, 7) is 4.53. The Bertz CT molecular complexity index is 1030. The molecule has 0 aromatic heterocycles. The van der Waals surface area contributed by atoms with Gasteiger partial charge in [-0.05, 0) is 37.1 Å². The molecule has 0 aliphatic carbocycles. The van der Waals surface area contributed by atoms with E-state index in [4.69, 9.17) is 14.2 Å². The molecule has 1 aliphatic rings. The monoisotopic (exact) mass is 491 g/mol. The third kappa shape index (κ3) is 7.42. The van der Waals surface area contributed by atoms with Crippen molar-refractivity contribution in [3.63, 3.8) is 0 Å². The quantitative estimate of drug-likeness (QED) is 0.433. The van der Waals surface area contributed by atoms with Gasteiger partial charge in [0.1, 0.15) is 6.04 Å². The number of hydrogen-bond acceptors (Lipinski definition) is 7. The van der Waals surface area contributed by atoms with Crippen LogP contribution in [-0.2, 0) is 26.0 Å². The minimum atomic E-state index is -4.00. The highest BCUT2D eigenvalue weighted by molar-refractivity contribution is 7.89. The maximum atomic E-state index is 13.1. The van der Waals surface area contributed by atoms with Gasteiger partial charge in [0.15, 0.2) is 11.5 Å². The molecule has 34 heavy (non-hydrogen) atoms. The predicted molar refractivity (Wildman–Crippen MR) is 129 cm³/mol. The Kier molecular flexibility index (Phi) is 9.70. The Labute approximate surface area is 201 Å². The summed E-state index contributed by atoms with van der Waals surface area (Å²) >= 11 is 0. The summed E-state index contributed by atoms with van der Waals surface area (Å²) in [6, 6.07) is 12.7. The lowest BCUT2D eigenvalue weighted by atomic mass is 10.1. The van der Waals surface area contributed by atoms with Crippen molar-refractivity contribution in [3.8, 4) is 11.5 Å². The zero-order valence-electron chi connectivity index (χ0n) is 19.7. The van der Waals surface area contributed by atoms with E-state index >= 15 is 0 Å². The van der Waals surface area contributed by atoms with Gasteiger partial charge in [-0.25, -0.2) is 8.42 Å². The van der Waals surface area contributed by atoms with Crippen molar-refractivity contribution in [2.24, 2.45) is 0 Å². The van der Waals surface area contributed by atoms with E-state index in [0.717, 1.165) is 44.8 Å². The molecular formula is C24H33N3O6S. The lowest BCUT2D eigenvalue weighted by Gasteiger charge is -2.26. The SMILES string of the molecule is COc1ccc(S(=O)(=O)N[C@H](Cc2ccccc2)C(=O)NCCCN2CCOCC2)cc1OC. The van der Waals surface area contributed by atoms with Crippen molar-refractivity contribution in [2.75, 3.05) is 53.6 Å². The van der Waals surface area contributed by atoms with Gasteiger partial charge in [-0.2, -0.15) is 4.72 Å². The van der Waals surface area contributed by atoms with E-state index in [-0.39, 0.29) is 23.0 Å². The standard InChI is InChI=1S/C24H33N3O6S/c1-31-22-10-9-20(18-23(22)32-2)34(29,30)26-21(17-19-7-4-3-5-8-19)24(28)25-11-6-12-27-13-15-33-16-14-27/h3-5,7-10,18,21,26H,6,11-17H2,1-2H3,(H,25,28)/t21-/m1/s1. The van der Waals surface area contributed by atoms with Crippen molar-refractivity contribution in [1.82, 2.24) is 14.9 Å². The fourth-order valence-electron chi connectivity index (χ4n) is 3.74. The molecule has 9 nitrogen and oxygen atoms in total. The number of amides is 1. The summed E-state index contributed by atoms with van der Waals surface area (Å²) in [4.78, 5) is 15.3. The summed E-state index contributed by atoms with van der Waals surface area (Å²) in [6.07, 6.45) is 0.995. The Morgan fingerprint density at radius 3 is 2.44 bits per heavy atom. The number of sulfonamides is 1. The molecule has 0 unspecified atom stereocenters. The van der Waals surface area contributed by atoms with Crippen LogP contribution in [0.3, 0.4) is 0 Å². The summed E-state index contributed by atoms with van der Waals surface area (Å²) in [5.74, 6) is 0.340. The molecule has 0 bridgehead atoms. The molecular weight excluding hydrogens is 458 g/mol. The minimum absolute atomic E-state index is 0.0108. The van der Waals surface area contributed by atoms with Gasteiger partial charge in [0.2, 0.25) is 15.9 Å². The number of rotatable bonds is 12. The van der Waals surface area contributed by atoms with E-state index in [1.165, 1.54) is 32.4 Å². The fraction of sp³-hybridized carbons (Fsp3) is 0.458. The van der Waals surface area contributed by atoms with Gasteiger partial charge in [0, 0.05) is 25.7 Å². The first-order valence-electron chi connectivity index (χ1n) is 11.3. The van der Waals surface area contributed by atoms with E-state index < -0.39 is 16.1 Å². The van der Waals surface area contributed by atoms with Crippen LogP contribution in [-0.4, -0.2) is 78.9 Å². The summed E-state index contributed by atoms with van der Waals surface area (Å²) in [5, 5.41) is 2.89. The van der Waals surface area contributed by atoms with Crippen LogP contribution < -0.4 is 19.5 Å². The molecule has 1 atom stereocenters. The lowest BCUT2D eigenvalue weighted by molar-refractivity contribution is -0.122. The number of morpholine rings is 1. The molecule has 186 valence electrons. The smallest absolute Gasteiger partial charge is 0.241 e. The molecule has 1 heterocycles. The predicted octanol–water partition coefficient (Wildman–Crippen LogP) is 1.43. The number of hydrogen-bond donors (Lipinski definition) is 2. The number of ether oxygens (including phenoxy) is 3.